The van der Waals surface area contributed by atoms with Gasteiger partial charge in [0, 0.05) is 33.5 Å². The first-order valence-corrected chi connectivity index (χ1v) is 15.2. The Balaban J connectivity index is 1.78. The highest BCUT2D eigenvalue weighted by molar-refractivity contribution is 7.98. The summed E-state index contributed by atoms with van der Waals surface area (Å²) in [5, 5.41) is 1.29. The molecule has 0 radical (unpaired) electrons. The van der Waals surface area contributed by atoms with E-state index in [-0.39, 0.29) is 36.3 Å². The van der Waals surface area contributed by atoms with Gasteiger partial charge in [0.1, 0.15) is 0 Å². The van der Waals surface area contributed by atoms with Gasteiger partial charge in [0.25, 0.3) is 0 Å². The Hall–Kier alpha value is -2.47. The van der Waals surface area contributed by atoms with Gasteiger partial charge in [-0.05, 0) is 53.8 Å². The molecule has 0 spiro atoms. The average Bonchev–Trinajstić information content (AvgIpc) is 2.94. The van der Waals surface area contributed by atoms with Crippen LogP contribution in [0, 0.1) is 5.41 Å². The number of carbonyl (C=O) groups is 2. The first kappa shape index (κ1) is 29.5. The van der Waals surface area contributed by atoms with E-state index in [9.17, 15) is 9.59 Å². The second-order valence-corrected chi connectivity index (χ2v) is 12.4. The summed E-state index contributed by atoms with van der Waals surface area (Å²) in [5.74, 6) is 1.16. The summed E-state index contributed by atoms with van der Waals surface area (Å²) < 4.78 is 5.04. The van der Waals surface area contributed by atoms with Gasteiger partial charge >= 0.3 is 5.97 Å². The molecule has 206 valence electrons. The van der Waals surface area contributed by atoms with Crippen molar-refractivity contribution in [3.8, 4) is 0 Å². The van der Waals surface area contributed by atoms with Gasteiger partial charge in [-0.1, -0.05) is 91.6 Å². The molecule has 4 nitrogen and oxygen atoms in total. The number of methoxy groups -OCH3 is 1. The molecule has 3 aromatic carbocycles. The fourth-order valence-corrected chi connectivity index (χ4v) is 7.16. The van der Waals surface area contributed by atoms with Gasteiger partial charge in [-0.15, -0.1) is 0 Å². The fourth-order valence-electron chi connectivity index (χ4n) is 5.62. The monoisotopic (exact) mass is 583 g/mol. The molecule has 4 rings (SSSR count). The SMILES string of the molecule is CC[C@@H](CSCc1ccccc1)N1C(=O)[C@@](C)(CC(=O)OC)C[C@H](c2cccc(Cl)c2)[C@H]1c1ccc(Cl)cc1. The Bertz CT molecular complexity index is 1270. The van der Waals surface area contributed by atoms with E-state index in [0.29, 0.717) is 16.5 Å². The van der Waals surface area contributed by atoms with Crippen molar-refractivity contribution >= 4 is 46.8 Å². The highest BCUT2D eigenvalue weighted by Gasteiger charge is 2.52. The van der Waals surface area contributed by atoms with Crippen LogP contribution in [0.2, 0.25) is 10.0 Å². The van der Waals surface area contributed by atoms with Crippen LogP contribution in [-0.4, -0.2) is 35.7 Å². The van der Waals surface area contributed by atoms with Crippen LogP contribution in [0.15, 0.2) is 78.9 Å². The van der Waals surface area contributed by atoms with Crippen molar-refractivity contribution in [2.45, 2.75) is 56.9 Å². The van der Waals surface area contributed by atoms with Crippen molar-refractivity contribution in [3.63, 3.8) is 0 Å². The molecular formula is C32H35Cl2NO3S. The third-order valence-corrected chi connectivity index (χ3v) is 9.28. The number of hydrogen-bond acceptors (Lipinski definition) is 4. The molecule has 0 bridgehead atoms. The van der Waals surface area contributed by atoms with E-state index in [1.807, 2.05) is 79.3 Å². The van der Waals surface area contributed by atoms with E-state index in [4.69, 9.17) is 27.9 Å². The van der Waals surface area contributed by atoms with Gasteiger partial charge in [0.05, 0.1) is 25.0 Å². The number of carbonyl (C=O) groups excluding carboxylic acids is 2. The predicted molar refractivity (Wildman–Crippen MR) is 161 cm³/mol. The van der Waals surface area contributed by atoms with Crippen molar-refractivity contribution in [3.05, 3.63) is 106 Å². The smallest absolute Gasteiger partial charge is 0.306 e. The zero-order valence-corrected chi connectivity index (χ0v) is 24.9. The van der Waals surface area contributed by atoms with Crippen LogP contribution in [0.1, 0.15) is 61.8 Å². The molecule has 1 aliphatic rings. The molecule has 0 unspecified atom stereocenters. The summed E-state index contributed by atoms with van der Waals surface area (Å²) in [6, 6.07) is 25.7. The highest BCUT2D eigenvalue weighted by Crippen LogP contribution is 2.52. The number of nitrogens with zero attached hydrogens (tertiary/aromatic N) is 1. The van der Waals surface area contributed by atoms with Crippen LogP contribution >= 0.6 is 35.0 Å². The van der Waals surface area contributed by atoms with Gasteiger partial charge in [-0.3, -0.25) is 9.59 Å². The van der Waals surface area contributed by atoms with Gasteiger partial charge in [-0.25, -0.2) is 0 Å². The Kier molecular flexibility index (Phi) is 10.0. The number of esters is 1. The number of halogens is 2. The molecule has 0 saturated carbocycles. The lowest BCUT2D eigenvalue weighted by Gasteiger charge is -2.52. The van der Waals surface area contributed by atoms with E-state index in [1.165, 1.54) is 12.7 Å². The van der Waals surface area contributed by atoms with Crippen LogP contribution < -0.4 is 0 Å². The number of piperidine rings is 1. The first-order valence-electron chi connectivity index (χ1n) is 13.3. The van der Waals surface area contributed by atoms with Crippen molar-refractivity contribution in [2.75, 3.05) is 12.9 Å². The molecule has 7 heteroatoms. The molecule has 1 aliphatic heterocycles. The molecule has 1 amide bonds. The van der Waals surface area contributed by atoms with Crippen LogP contribution in [0.5, 0.6) is 0 Å². The summed E-state index contributed by atoms with van der Waals surface area (Å²) in [6.45, 7) is 4.03. The number of rotatable bonds is 10. The molecule has 0 aliphatic carbocycles. The van der Waals surface area contributed by atoms with Crippen LogP contribution in [-0.2, 0) is 20.1 Å². The molecule has 1 heterocycles. The third-order valence-electron chi connectivity index (χ3n) is 7.64. The average molecular weight is 585 g/mol. The molecule has 3 aromatic rings. The Morgan fingerprint density at radius 1 is 1.03 bits per heavy atom. The Labute approximate surface area is 246 Å². The maximum Gasteiger partial charge on any atom is 0.306 e. The summed E-state index contributed by atoms with van der Waals surface area (Å²) in [5.41, 5.74) is 2.40. The molecular weight excluding hydrogens is 549 g/mol. The lowest BCUT2D eigenvalue weighted by molar-refractivity contribution is -0.161. The Morgan fingerprint density at radius 2 is 1.74 bits per heavy atom. The minimum Gasteiger partial charge on any atom is -0.469 e. The number of benzene rings is 3. The van der Waals surface area contributed by atoms with E-state index in [0.717, 1.165) is 29.1 Å². The minimum absolute atomic E-state index is 0.0155. The third kappa shape index (κ3) is 7.00. The van der Waals surface area contributed by atoms with E-state index < -0.39 is 5.41 Å². The zero-order chi connectivity index (χ0) is 28.0. The molecule has 0 aromatic heterocycles. The van der Waals surface area contributed by atoms with E-state index >= 15 is 0 Å². The maximum absolute atomic E-state index is 14.5. The van der Waals surface area contributed by atoms with Gasteiger partial charge < -0.3 is 9.64 Å². The molecule has 0 N–H and O–H groups in total. The number of ether oxygens (including phenoxy) is 1. The van der Waals surface area contributed by atoms with E-state index in [1.54, 1.807) is 0 Å². The summed E-state index contributed by atoms with van der Waals surface area (Å²) in [7, 11) is 1.37. The number of hydrogen-bond donors (Lipinski definition) is 0. The normalized spacial score (nSPS) is 22.0. The molecule has 4 atom stereocenters. The summed E-state index contributed by atoms with van der Waals surface area (Å²) in [6.07, 6.45) is 1.31. The van der Waals surface area contributed by atoms with Crippen LogP contribution in [0.25, 0.3) is 0 Å². The lowest BCUT2D eigenvalue weighted by Crippen LogP contribution is -2.56. The largest absolute Gasteiger partial charge is 0.469 e. The van der Waals surface area contributed by atoms with Crippen molar-refractivity contribution < 1.29 is 14.3 Å². The second-order valence-electron chi connectivity index (χ2n) is 10.5. The predicted octanol–water partition coefficient (Wildman–Crippen LogP) is 8.33. The maximum atomic E-state index is 14.5. The van der Waals surface area contributed by atoms with Gasteiger partial charge in [0.15, 0.2) is 0 Å². The van der Waals surface area contributed by atoms with Gasteiger partial charge in [0.2, 0.25) is 5.91 Å². The van der Waals surface area contributed by atoms with E-state index in [2.05, 4.69) is 30.0 Å². The lowest BCUT2D eigenvalue weighted by atomic mass is 9.67. The zero-order valence-electron chi connectivity index (χ0n) is 22.6. The minimum atomic E-state index is -0.916. The number of likely N-dealkylation sites (tertiary alicyclic amines) is 1. The Morgan fingerprint density at radius 3 is 2.38 bits per heavy atom. The fraction of sp³-hybridized carbons (Fsp3) is 0.375. The second kappa shape index (κ2) is 13.3. The van der Waals surface area contributed by atoms with Crippen molar-refractivity contribution in [1.29, 1.82) is 0 Å². The van der Waals surface area contributed by atoms with Crippen molar-refractivity contribution in [1.82, 2.24) is 4.90 Å². The topological polar surface area (TPSA) is 46.6 Å². The first-order chi connectivity index (χ1) is 18.8. The molecule has 1 fully saturated rings. The quantitative estimate of drug-likeness (QED) is 0.225. The number of thioether (sulfide) groups is 1. The van der Waals surface area contributed by atoms with Crippen molar-refractivity contribution in [2.24, 2.45) is 5.41 Å². The summed E-state index contributed by atoms with van der Waals surface area (Å²) in [4.78, 5) is 29.1. The van der Waals surface area contributed by atoms with Gasteiger partial charge in [-0.2, -0.15) is 11.8 Å². The number of amides is 1. The summed E-state index contributed by atoms with van der Waals surface area (Å²) >= 11 is 14.6. The highest BCUT2D eigenvalue weighted by atomic mass is 35.5. The molecule has 1 saturated heterocycles. The standard InChI is InChI=1S/C32H35Cl2NO3S/c1-4-27(21-39-20-22-9-6-5-7-10-22)35-30(23-13-15-25(33)16-14-23)28(24-11-8-12-26(34)17-24)18-32(2,31(35)37)19-29(36)38-3/h5-17,27-28,30H,4,18-21H2,1-3H3/t27-,28+,30+,32+/m0/s1. The van der Waals surface area contributed by atoms with Crippen LogP contribution in [0.3, 0.4) is 0 Å². The van der Waals surface area contributed by atoms with Crippen LogP contribution in [0.4, 0.5) is 0 Å². The molecule has 39 heavy (non-hydrogen) atoms.